The number of hydroxylamine groups is 1. The zero-order chi connectivity index (χ0) is 10.1. The lowest BCUT2D eigenvalue weighted by Crippen LogP contribution is -2.20. The average molecular weight is 191 g/mol. The van der Waals surface area contributed by atoms with Crippen LogP contribution >= 0.6 is 0 Å². The lowest BCUT2D eigenvalue weighted by atomic mass is 10.2. The molecule has 0 heterocycles. The number of carbonyl (C=O) groups is 2. The van der Waals surface area contributed by atoms with Crippen LogP contribution in [0.3, 0.4) is 0 Å². The van der Waals surface area contributed by atoms with E-state index in [1.165, 1.54) is 0 Å². The second kappa shape index (κ2) is 7.51. The number of aliphatic carboxylic acids is 2. The molecule has 0 saturated carbocycles. The smallest absolute Gasteiger partial charge is 0.331 e. The summed E-state index contributed by atoms with van der Waals surface area (Å²) in [5.41, 5.74) is 2.42. The van der Waals surface area contributed by atoms with E-state index in [0.717, 1.165) is 0 Å². The second-order valence-corrected chi connectivity index (χ2v) is 2.43. The number of hydrogen-bond acceptors (Lipinski definition) is 4. The number of nitrogens with one attached hydrogen (secondary N) is 1. The maximum atomic E-state index is 10.0. The molecule has 0 fully saturated rings. The molecule has 0 aliphatic carbocycles. The molecule has 0 aromatic rings. The third-order valence-corrected chi connectivity index (χ3v) is 1.22. The lowest BCUT2D eigenvalue weighted by Gasteiger charge is -2.01. The Balaban J connectivity index is 3.00. The summed E-state index contributed by atoms with van der Waals surface area (Å²) in [6.45, 7) is 0.0689. The van der Waals surface area contributed by atoms with E-state index in [4.69, 9.17) is 10.2 Å². The number of unbranched alkanes of at least 4 members (excludes halogenated alkanes) is 1. The maximum absolute atomic E-state index is 10.0. The van der Waals surface area contributed by atoms with Gasteiger partial charge in [-0.3, -0.25) is 9.63 Å². The Morgan fingerprint density at radius 3 is 2.38 bits per heavy atom. The zero-order valence-electron chi connectivity index (χ0n) is 7.15. The molecule has 0 spiro atoms. The summed E-state index contributed by atoms with van der Waals surface area (Å²) >= 11 is 0. The Labute approximate surface area is 75.5 Å². The fourth-order valence-electron chi connectivity index (χ4n) is 0.658. The van der Waals surface area contributed by atoms with Gasteiger partial charge in [0.05, 0.1) is 0 Å². The molecule has 6 heteroatoms. The predicted molar refractivity (Wildman–Crippen MR) is 43.1 cm³/mol. The van der Waals surface area contributed by atoms with E-state index in [9.17, 15) is 9.59 Å². The van der Waals surface area contributed by atoms with E-state index in [-0.39, 0.29) is 13.0 Å². The molecule has 0 aromatic heterocycles. The minimum atomic E-state index is -1.04. The highest BCUT2D eigenvalue weighted by Crippen LogP contribution is 1.92. The van der Waals surface area contributed by atoms with Crippen molar-refractivity contribution >= 4 is 11.9 Å². The van der Waals surface area contributed by atoms with Crippen molar-refractivity contribution in [3.05, 3.63) is 0 Å². The minimum absolute atomic E-state index is 0.126. The molecule has 0 saturated heterocycles. The molecule has 3 N–H and O–H groups in total. The monoisotopic (exact) mass is 191 g/mol. The molecule has 76 valence electrons. The second-order valence-electron chi connectivity index (χ2n) is 2.43. The van der Waals surface area contributed by atoms with Crippen LogP contribution in [0, 0.1) is 0 Å². The molecule has 0 radical (unpaired) electrons. The SMILES string of the molecule is O=C(O)CCCCNOCC(=O)O. The van der Waals surface area contributed by atoms with Gasteiger partial charge in [0.25, 0.3) is 0 Å². The van der Waals surface area contributed by atoms with Crippen LogP contribution in [0.25, 0.3) is 0 Å². The normalized spacial score (nSPS) is 9.85. The summed E-state index contributed by atoms with van der Waals surface area (Å²) in [6, 6.07) is 0. The third kappa shape index (κ3) is 10.9. The molecular weight excluding hydrogens is 178 g/mol. The van der Waals surface area contributed by atoms with Gasteiger partial charge >= 0.3 is 11.9 Å². The first kappa shape index (κ1) is 11.9. The highest BCUT2D eigenvalue weighted by molar-refractivity contribution is 5.67. The molecule has 0 bridgehead atoms. The van der Waals surface area contributed by atoms with Gasteiger partial charge in [-0.1, -0.05) is 0 Å². The summed E-state index contributed by atoms with van der Waals surface area (Å²) in [4.78, 5) is 24.5. The van der Waals surface area contributed by atoms with Crippen molar-refractivity contribution < 1.29 is 24.6 Å². The van der Waals surface area contributed by atoms with Gasteiger partial charge in [0, 0.05) is 13.0 Å². The molecule has 0 aliphatic heterocycles. The Bertz CT molecular complexity index is 152. The van der Waals surface area contributed by atoms with Crippen molar-refractivity contribution in [3.63, 3.8) is 0 Å². The topological polar surface area (TPSA) is 95.9 Å². The minimum Gasteiger partial charge on any atom is -0.481 e. The fourth-order valence-corrected chi connectivity index (χ4v) is 0.658. The van der Waals surface area contributed by atoms with Crippen LogP contribution in [0.15, 0.2) is 0 Å². The first-order valence-electron chi connectivity index (χ1n) is 3.91. The van der Waals surface area contributed by atoms with Gasteiger partial charge < -0.3 is 10.2 Å². The van der Waals surface area contributed by atoms with E-state index in [2.05, 4.69) is 10.3 Å². The van der Waals surface area contributed by atoms with Crippen LogP contribution in [-0.4, -0.2) is 35.3 Å². The molecule has 0 aliphatic rings. The van der Waals surface area contributed by atoms with Crippen molar-refractivity contribution in [3.8, 4) is 0 Å². The number of rotatable bonds is 8. The van der Waals surface area contributed by atoms with Crippen molar-refractivity contribution in [2.24, 2.45) is 0 Å². The summed E-state index contributed by atoms with van der Waals surface area (Å²) in [5.74, 6) is -1.87. The molecule has 13 heavy (non-hydrogen) atoms. The van der Waals surface area contributed by atoms with Gasteiger partial charge in [-0.25, -0.2) is 10.3 Å². The Kier molecular flexibility index (Phi) is 6.85. The summed E-state index contributed by atoms with van der Waals surface area (Å²) in [6.07, 6.45) is 1.32. The Morgan fingerprint density at radius 2 is 1.85 bits per heavy atom. The standard InChI is InChI=1S/C7H13NO5/c9-6(10)3-1-2-4-8-13-5-7(11)12/h8H,1-5H2,(H,9,10)(H,11,12). The number of hydrogen-bond donors (Lipinski definition) is 3. The summed E-state index contributed by atoms with van der Waals surface area (Å²) in [5, 5.41) is 16.4. The van der Waals surface area contributed by atoms with Crippen LogP contribution < -0.4 is 5.48 Å². The largest absolute Gasteiger partial charge is 0.481 e. The number of carboxylic acids is 2. The van der Waals surface area contributed by atoms with Crippen molar-refractivity contribution in [2.45, 2.75) is 19.3 Å². The van der Waals surface area contributed by atoms with Crippen LogP contribution in [0.5, 0.6) is 0 Å². The zero-order valence-corrected chi connectivity index (χ0v) is 7.15. The van der Waals surface area contributed by atoms with E-state index in [0.29, 0.717) is 19.4 Å². The highest BCUT2D eigenvalue weighted by atomic mass is 16.7. The quantitative estimate of drug-likeness (QED) is 0.364. The molecule has 6 nitrogen and oxygen atoms in total. The number of carboxylic acid groups (broad SMARTS) is 2. The Hall–Kier alpha value is -1.14. The van der Waals surface area contributed by atoms with Gasteiger partial charge in [0.15, 0.2) is 6.61 Å². The van der Waals surface area contributed by atoms with E-state index >= 15 is 0 Å². The predicted octanol–water partition coefficient (Wildman–Crippen LogP) is -0.153. The summed E-state index contributed by atoms with van der Waals surface area (Å²) < 4.78 is 0. The average Bonchev–Trinajstić information content (AvgIpc) is 2.01. The molecule has 0 rings (SSSR count). The molecular formula is C7H13NO5. The van der Waals surface area contributed by atoms with Gasteiger partial charge in [-0.05, 0) is 12.8 Å². The van der Waals surface area contributed by atoms with Crippen LogP contribution in [0.2, 0.25) is 0 Å². The van der Waals surface area contributed by atoms with E-state index in [1.54, 1.807) is 0 Å². The first-order valence-corrected chi connectivity index (χ1v) is 3.91. The highest BCUT2D eigenvalue weighted by Gasteiger charge is 1.97. The maximum Gasteiger partial charge on any atom is 0.331 e. The van der Waals surface area contributed by atoms with Crippen LogP contribution in [0.1, 0.15) is 19.3 Å². The van der Waals surface area contributed by atoms with Crippen molar-refractivity contribution in [2.75, 3.05) is 13.2 Å². The molecule has 0 unspecified atom stereocenters. The van der Waals surface area contributed by atoms with Gasteiger partial charge in [-0.2, -0.15) is 0 Å². The first-order chi connectivity index (χ1) is 6.13. The van der Waals surface area contributed by atoms with Crippen LogP contribution in [-0.2, 0) is 14.4 Å². The van der Waals surface area contributed by atoms with Gasteiger partial charge in [0.2, 0.25) is 0 Å². The van der Waals surface area contributed by atoms with Gasteiger partial charge in [-0.15, -0.1) is 0 Å². The lowest BCUT2D eigenvalue weighted by molar-refractivity contribution is -0.145. The fraction of sp³-hybridized carbons (Fsp3) is 0.714. The Morgan fingerprint density at radius 1 is 1.15 bits per heavy atom. The van der Waals surface area contributed by atoms with Crippen molar-refractivity contribution in [1.82, 2.24) is 5.48 Å². The van der Waals surface area contributed by atoms with Gasteiger partial charge in [0.1, 0.15) is 0 Å². The van der Waals surface area contributed by atoms with E-state index < -0.39 is 11.9 Å². The third-order valence-electron chi connectivity index (χ3n) is 1.22. The molecule has 0 amide bonds. The molecule has 0 atom stereocenters. The van der Waals surface area contributed by atoms with E-state index in [1.807, 2.05) is 0 Å². The van der Waals surface area contributed by atoms with Crippen LogP contribution in [0.4, 0.5) is 0 Å². The summed E-state index contributed by atoms with van der Waals surface area (Å²) in [7, 11) is 0. The van der Waals surface area contributed by atoms with Crippen molar-refractivity contribution in [1.29, 1.82) is 0 Å². The molecule has 0 aromatic carbocycles.